The monoisotopic (exact) mass is 679 g/mol. The number of ether oxygens (including phenoxy) is 2. The van der Waals surface area contributed by atoms with E-state index in [1.54, 1.807) is 0 Å². The minimum Gasteiger partial charge on any atom is -0.494 e. The van der Waals surface area contributed by atoms with Crippen molar-refractivity contribution in [2.24, 2.45) is 11.8 Å². The summed E-state index contributed by atoms with van der Waals surface area (Å²) in [5.41, 5.74) is 1.74. The Morgan fingerprint density at radius 2 is 1.39 bits per heavy atom. The van der Waals surface area contributed by atoms with Crippen molar-refractivity contribution in [2.75, 3.05) is 26.3 Å². The number of aliphatic hydroxyl groups is 1. The van der Waals surface area contributed by atoms with Crippen molar-refractivity contribution in [1.82, 2.24) is 26.6 Å². The SMILES string of the molecule is CCC(C)[C@@H]1NC(=O)[C@@H](NC[C@@H](O)[C@@H]2Cc3ccc(cc3)OCCCC(=O)N[C@@H](C(C)C)C(=O)N2)Cc2ccc(cc2)OCCCNC1=O. The fourth-order valence-electron chi connectivity index (χ4n) is 5.89. The third-order valence-electron chi connectivity index (χ3n) is 9.19. The largest absolute Gasteiger partial charge is 0.494 e. The van der Waals surface area contributed by atoms with E-state index in [4.69, 9.17) is 9.47 Å². The molecule has 12 heteroatoms. The first-order chi connectivity index (χ1) is 23.5. The van der Waals surface area contributed by atoms with Crippen molar-refractivity contribution >= 4 is 23.6 Å². The van der Waals surface area contributed by atoms with Crippen molar-refractivity contribution in [1.29, 1.82) is 0 Å². The minimum atomic E-state index is -1.12. The summed E-state index contributed by atoms with van der Waals surface area (Å²) in [6.07, 6.45) is 1.48. The number of hydrogen-bond donors (Lipinski definition) is 6. The van der Waals surface area contributed by atoms with Crippen LogP contribution in [0.2, 0.25) is 0 Å². The molecule has 4 aliphatic rings. The summed E-state index contributed by atoms with van der Waals surface area (Å²) in [6, 6.07) is 11.8. The van der Waals surface area contributed by atoms with Crippen molar-refractivity contribution in [3.63, 3.8) is 0 Å². The van der Waals surface area contributed by atoms with E-state index in [1.165, 1.54) is 0 Å². The van der Waals surface area contributed by atoms with E-state index in [9.17, 15) is 24.3 Å². The van der Waals surface area contributed by atoms with E-state index >= 15 is 0 Å². The van der Waals surface area contributed by atoms with Crippen LogP contribution in [0.1, 0.15) is 64.5 Å². The third kappa shape index (κ3) is 11.5. The Labute approximate surface area is 289 Å². The highest BCUT2D eigenvalue weighted by atomic mass is 16.5. The van der Waals surface area contributed by atoms with Gasteiger partial charge in [0.15, 0.2) is 0 Å². The predicted molar refractivity (Wildman–Crippen MR) is 186 cm³/mol. The van der Waals surface area contributed by atoms with Crippen LogP contribution in [0.5, 0.6) is 11.5 Å². The smallest absolute Gasteiger partial charge is 0.243 e. The second-order valence-corrected chi connectivity index (χ2v) is 13.4. The average Bonchev–Trinajstić information content (AvgIpc) is 3.10. The summed E-state index contributed by atoms with van der Waals surface area (Å²) in [7, 11) is 0. The molecule has 4 heterocycles. The molecular weight excluding hydrogens is 626 g/mol. The molecule has 0 fully saturated rings. The maximum absolute atomic E-state index is 13.9. The van der Waals surface area contributed by atoms with E-state index < -0.39 is 36.2 Å². The molecule has 6 N–H and O–H groups in total. The number of nitrogens with one attached hydrogen (secondary N) is 5. The summed E-state index contributed by atoms with van der Waals surface area (Å²) in [5.74, 6) is -0.216. The summed E-state index contributed by atoms with van der Waals surface area (Å²) in [5, 5.41) is 26.6. The maximum Gasteiger partial charge on any atom is 0.243 e. The highest BCUT2D eigenvalue weighted by molar-refractivity contribution is 5.90. The summed E-state index contributed by atoms with van der Waals surface area (Å²) in [4.78, 5) is 53.3. The first kappa shape index (κ1) is 37.7. The van der Waals surface area contributed by atoms with Crippen molar-refractivity contribution in [2.45, 2.75) is 96.5 Å². The highest BCUT2D eigenvalue weighted by Gasteiger charge is 2.32. The summed E-state index contributed by atoms with van der Waals surface area (Å²) >= 11 is 0. The van der Waals surface area contributed by atoms with Crippen LogP contribution in [0, 0.1) is 11.8 Å². The average molecular weight is 680 g/mol. The molecule has 6 rings (SSSR count). The fourth-order valence-corrected chi connectivity index (χ4v) is 5.89. The lowest BCUT2D eigenvalue weighted by molar-refractivity contribution is -0.131. The second-order valence-electron chi connectivity index (χ2n) is 13.4. The van der Waals surface area contributed by atoms with Gasteiger partial charge < -0.3 is 41.2 Å². The molecule has 2 aromatic carbocycles. The molecule has 0 saturated carbocycles. The molecule has 0 aromatic heterocycles. The molecule has 12 nitrogen and oxygen atoms in total. The number of carbonyl (C=O) groups excluding carboxylic acids is 4. The lowest BCUT2D eigenvalue weighted by atomic mass is 9.96. The molecule has 0 spiro atoms. The quantitative estimate of drug-likeness (QED) is 0.259. The van der Waals surface area contributed by atoms with Crippen LogP contribution in [0.4, 0.5) is 0 Å². The Kier molecular flexibility index (Phi) is 14.3. The number of benzene rings is 2. The molecule has 4 aliphatic heterocycles. The molecule has 4 bridgehead atoms. The highest BCUT2D eigenvalue weighted by Crippen LogP contribution is 2.18. The Balaban J connectivity index is 1.57. The van der Waals surface area contributed by atoms with Crippen molar-refractivity contribution in [3.8, 4) is 11.5 Å². The third-order valence-corrected chi connectivity index (χ3v) is 9.19. The Hall–Kier alpha value is -4.16. The first-order valence-electron chi connectivity index (χ1n) is 17.6. The van der Waals surface area contributed by atoms with E-state index in [1.807, 2.05) is 76.2 Å². The van der Waals surface area contributed by atoms with Gasteiger partial charge in [-0.25, -0.2) is 0 Å². The zero-order chi connectivity index (χ0) is 35.3. The Morgan fingerprint density at radius 3 is 2.00 bits per heavy atom. The zero-order valence-corrected chi connectivity index (χ0v) is 29.1. The van der Waals surface area contributed by atoms with Crippen LogP contribution >= 0.6 is 0 Å². The van der Waals surface area contributed by atoms with Crippen LogP contribution in [0.25, 0.3) is 0 Å². The number of amides is 4. The van der Waals surface area contributed by atoms with Gasteiger partial charge in [-0.3, -0.25) is 19.2 Å². The Morgan fingerprint density at radius 1 is 0.776 bits per heavy atom. The normalized spacial score (nSPS) is 24.4. The van der Waals surface area contributed by atoms with Gasteiger partial charge >= 0.3 is 0 Å². The van der Waals surface area contributed by atoms with E-state index in [0.717, 1.165) is 11.1 Å². The van der Waals surface area contributed by atoms with E-state index in [2.05, 4.69) is 26.6 Å². The molecule has 268 valence electrons. The van der Waals surface area contributed by atoms with Crippen LogP contribution in [-0.4, -0.2) is 85.3 Å². The minimum absolute atomic E-state index is 0.0374. The maximum atomic E-state index is 13.9. The molecule has 2 aromatic rings. The fraction of sp³-hybridized carbons (Fsp3) is 0.568. The van der Waals surface area contributed by atoms with E-state index in [0.29, 0.717) is 56.9 Å². The van der Waals surface area contributed by atoms with Gasteiger partial charge in [0.1, 0.15) is 23.6 Å². The Bertz CT molecular complexity index is 1380. The molecule has 0 saturated heterocycles. The number of hydrogen-bond acceptors (Lipinski definition) is 8. The predicted octanol–water partition coefficient (Wildman–Crippen LogP) is 2.02. The molecule has 0 aliphatic carbocycles. The summed E-state index contributed by atoms with van der Waals surface area (Å²) in [6.45, 7) is 8.80. The van der Waals surface area contributed by atoms with Gasteiger partial charge in [0.2, 0.25) is 23.6 Å². The van der Waals surface area contributed by atoms with Gasteiger partial charge in [0.05, 0.1) is 31.4 Å². The first-order valence-corrected chi connectivity index (χ1v) is 17.6. The second kappa shape index (κ2) is 18.6. The molecule has 6 atom stereocenters. The van der Waals surface area contributed by atoms with Gasteiger partial charge in [-0.15, -0.1) is 0 Å². The molecular formula is C37H53N5O7. The number of rotatable bonds is 7. The van der Waals surface area contributed by atoms with Gasteiger partial charge in [0.25, 0.3) is 0 Å². The van der Waals surface area contributed by atoms with Gasteiger partial charge in [0, 0.05) is 19.5 Å². The van der Waals surface area contributed by atoms with Crippen molar-refractivity contribution < 1.29 is 33.8 Å². The number of carbonyl (C=O) groups is 4. The van der Waals surface area contributed by atoms with Gasteiger partial charge in [-0.2, -0.15) is 0 Å². The van der Waals surface area contributed by atoms with Gasteiger partial charge in [-0.05, 0) is 72.9 Å². The number of fused-ring (bicyclic) bond motifs is 24. The number of aliphatic hydroxyl groups excluding tert-OH is 1. The molecule has 1 unspecified atom stereocenters. The van der Waals surface area contributed by atoms with Crippen molar-refractivity contribution in [3.05, 3.63) is 59.7 Å². The zero-order valence-electron chi connectivity index (χ0n) is 29.1. The lowest BCUT2D eigenvalue weighted by Crippen LogP contribution is -2.58. The molecule has 4 amide bonds. The molecule has 0 radical (unpaired) electrons. The summed E-state index contributed by atoms with van der Waals surface area (Å²) < 4.78 is 11.6. The lowest BCUT2D eigenvalue weighted by Gasteiger charge is -2.30. The van der Waals surface area contributed by atoms with E-state index in [-0.39, 0.29) is 48.9 Å². The van der Waals surface area contributed by atoms with Crippen LogP contribution < -0.4 is 36.1 Å². The standard InChI is InChI=1S/C37H53N5O7/c1-5-24(4)34-36(46)38-17-7-19-49-28-15-11-26(12-16-28)21-30(35(45)42-34)39-22-31(43)29-20-25-9-13-27(14-10-25)48-18-6-8-32(44)41-33(23(2)3)37(47)40-29/h9-16,23-24,29-31,33-34,39,43H,5-8,17-22H2,1-4H3,(H,38,46)(H,40,47)(H,41,44)(H,42,45)/t24?,29-,30-,31+,33-,34-/m0/s1. The van der Waals surface area contributed by atoms with Crippen LogP contribution in [0.15, 0.2) is 48.5 Å². The topological polar surface area (TPSA) is 167 Å². The van der Waals surface area contributed by atoms with Crippen LogP contribution in [0.3, 0.4) is 0 Å². The molecule has 49 heavy (non-hydrogen) atoms. The van der Waals surface area contributed by atoms with Gasteiger partial charge in [-0.1, -0.05) is 58.4 Å². The van der Waals surface area contributed by atoms with Crippen LogP contribution in [-0.2, 0) is 32.0 Å².